The second-order valence-electron chi connectivity index (χ2n) is 6.32. The molecule has 1 aromatic rings. The molecule has 0 spiro atoms. The lowest BCUT2D eigenvalue weighted by atomic mass is 9.99. The van der Waals surface area contributed by atoms with E-state index in [-0.39, 0.29) is 16.7 Å². The zero-order chi connectivity index (χ0) is 15.0. The fourth-order valence-corrected chi connectivity index (χ4v) is 4.69. The quantitative estimate of drug-likeness (QED) is 0.932. The van der Waals surface area contributed by atoms with Gasteiger partial charge >= 0.3 is 0 Å². The molecule has 4 heteroatoms. The summed E-state index contributed by atoms with van der Waals surface area (Å²) in [6.45, 7) is 7.66. The van der Waals surface area contributed by atoms with Gasteiger partial charge in [-0.1, -0.05) is 36.4 Å². The van der Waals surface area contributed by atoms with Crippen molar-refractivity contribution in [3.05, 3.63) is 47.7 Å². The van der Waals surface area contributed by atoms with E-state index >= 15 is 0 Å². The molecular formula is C17H22N2OS. The minimum atomic E-state index is 0.107. The first-order chi connectivity index (χ1) is 10.00. The molecule has 0 aliphatic carbocycles. The highest BCUT2D eigenvalue weighted by atomic mass is 32.2. The van der Waals surface area contributed by atoms with Gasteiger partial charge in [0, 0.05) is 17.0 Å². The molecule has 2 unspecified atom stereocenters. The Balaban J connectivity index is 1.64. The Morgan fingerprint density at radius 3 is 2.81 bits per heavy atom. The van der Waals surface area contributed by atoms with Crippen molar-refractivity contribution in [2.75, 3.05) is 6.54 Å². The van der Waals surface area contributed by atoms with Crippen LogP contribution in [0.4, 0.5) is 0 Å². The highest BCUT2D eigenvalue weighted by Crippen LogP contribution is 2.50. The molecule has 3 nitrogen and oxygen atoms in total. The molecular weight excluding hydrogens is 280 g/mol. The van der Waals surface area contributed by atoms with E-state index < -0.39 is 0 Å². The third kappa shape index (κ3) is 2.82. The Kier molecular flexibility index (Phi) is 3.74. The minimum Gasteiger partial charge on any atom is -0.357 e. The monoisotopic (exact) mass is 302 g/mol. The lowest BCUT2D eigenvalue weighted by molar-refractivity contribution is -0.121. The van der Waals surface area contributed by atoms with Gasteiger partial charge in [0.15, 0.2) is 0 Å². The maximum atomic E-state index is 12.3. The summed E-state index contributed by atoms with van der Waals surface area (Å²) in [6.07, 6.45) is 2.58. The summed E-state index contributed by atoms with van der Waals surface area (Å²) in [5.74, 6) is 0.107. The van der Waals surface area contributed by atoms with Gasteiger partial charge in [0.25, 0.3) is 0 Å². The normalized spacial score (nSPS) is 28.1. The van der Waals surface area contributed by atoms with Crippen molar-refractivity contribution in [2.24, 2.45) is 0 Å². The number of benzene rings is 1. The standard InChI is InChI=1S/C17H22N2OS/c1-4-13-15(16-19(13)11-17(2,3)21-16)18-14(20)10-12-8-6-5-7-9-12/h4-9,15-16H,10-11H2,1-3H3,(H,18,20)/b13-4+. The largest absolute Gasteiger partial charge is 0.357 e. The number of rotatable bonds is 3. The van der Waals surface area contributed by atoms with Crippen molar-refractivity contribution < 1.29 is 4.79 Å². The van der Waals surface area contributed by atoms with Gasteiger partial charge in [-0.15, -0.1) is 11.8 Å². The van der Waals surface area contributed by atoms with Crippen molar-refractivity contribution in [3.63, 3.8) is 0 Å². The van der Waals surface area contributed by atoms with Crippen LogP contribution in [0.2, 0.25) is 0 Å². The highest BCUT2D eigenvalue weighted by Gasteiger charge is 2.52. The lowest BCUT2D eigenvalue weighted by Gasteiger charge is -2.47. The van der Waals surface area contributed by atoms with E-state index in [1.54, 1.807) is 0 Å². The van der Waals surface area contributed by atoms with Crippen LogP contribution in [0.5, 0.6) is 0 Å². The lowest BCUT2D eigenvalue weighted by Crippen LogP contribution is -2.61. The van der Waals surface area contributed by atoms with Gasteiger partial charge in [-0.25, -0.2) is 0 Å². The van der Waals surface area contributed by atoms with Gasteiger partial charge in [0.2, 0.25) is 5.91 Å². The topological polar surface area (TPSA) is 32.3 Å². The van der Waals surface area contributed by atoms with Crippen LogP contribution in [-0.4, -0.2) is 33.5 Å². The Morgan fingerprint density at radius 1 is 1.43 bits per heavy atom. The summed E-state index contributed by atoms with van der Waals surface area (Å²) >= 11 is 1.96. The molecule has 0 saturated carbocycles. The second-order valence-corrected chi connectivity index (χ2v) is 8.14. The Labute approximate surface area is 130 Å². The molecule has 2 saturated heterocycles. The van der Waals surface area contributed by atoms with Crippen LogP contribution in [-0.2, 0) is 11.2 Å². The van der Waals surface area contributed by atoms with Crippen LogP contribution < -0.4 is 5.32 Å². The molecule has 21 heavy (non-hydrogen) atoms. The number of nitrogens with one attached hydrogen (secondary N) is 1. The van der Waals surface area contributed by atoms with Gasteiger partial charge in [-0.3, -0.25) is 4.79 Å². The summed E-state index contributed by atoms with van der Waals surface area (Å²) < 4.78 is 0.262. The predicted molar refractivity (Wildman–Crippen MR) is 88.0 cm³/mol. The zero-order valence-electron chi connectivity index (χ0n) is 12.8. The van der Waals surface area contributed by atoms with E-state index in [1.165, 1.54) is 5.70 Å². The maximum Gasteiger partial charge on any atom is 0.225 e. The number of amides is 1. The molecule has 0 bridgehead atoms. The molecule has 2 aliphatic heterocycles. The Morgan fingerprint density at radius 2 is 2.14 bits per heavy atom. The summed E-state index contributed by atoms with van der Waals surface area (Å²) in [4.78, 5) is 14.7. The van der Waals surface area contributed by atoms with Crippen LogP contribution in [0.1, 0.15) is 26.3 Å². The number of thioether (sulfide) groups is 1. The average Bonchev–Trinajstić information content (AvgIpc) is 2.71. The zero-order valence-corrected chi connectivity index (χ0v) is 13.6. The molecule has 3 rings (SSSR count). The maximum absolute atomic E-state index is 12.3. The van der Waals surface area contributed by atoms with E-state index in [1.807, 2.05) is 42.1 Å². The smallest absolute Gasteiger partial charge is 0.225 e. The first-order valence-corrected chi connectivity index (χ1v) is 8.32. The van der Waals surface area contributed by atoms with Crippen LogP contribution in [0, 0.1) is 0 Å². The van der Waals surface area contributed by atoms with Gasteiger partial charge in [0.1, 0.15) is 5.37 Å². The van der Waals surface area contributed by atoms with Crippen LogP contribution in [0.3, 0.4) is 0 Å². The molecule has 1 aromatic carbocycles. The fraction of sp³-hybridized carbons (Fsp3) is 0.471. The number of hydrogen-bond acceptors (Lipinski definition) is 3. The summed E-state index contributed by atoms with van der Waals surface area (Å²) in [5.41, 5.74) is 2.33. The van der Waals surface area contributed by atoms with Gasteiger partial charge < -0.3 is 10.2 Å². The van der Waals surface area contributed by atoms with E-state index in [9.17, 15) is 4.79 Å². The van der Waals surface area contributed by atoms with Gasteiger partial charge in [-0.05, 0) is 26.3 Å². The van der Waals surface area contributed by atoms with Gasteiger partial charge in [0.05, 0.1) is 12.5 Å². The molecule has 1 N–H and O–H groups in total. The first kappa shape index (κ1) is 14.5. The number of fused-ring (bicyclic) bond motifs is 1. The average molecular weight is 302 g/mol. The van der Waals surface area contributed by atoms with Crippen molar-refractivity contribution in [3.8, 4) is 0 Å². The highest BCUT2D eigenvalue weighted by molar-refractivity contribution is 8.01. The van der Waals surface area contributed by atoms with E-state index in [0.717, 1.165) is 12.1 Å². The van der Waals surface area contributed by atoms with Crippen LogP contribution >= 0.6 is 11.8 Å². The molecule has 2 fully saturated rings. The van der Waals surface area contributed by atoms with Gasteiger partial charge in [-0.2, -0.15) is 0 Å². The van der Waals surface area contributed by atoms with E-state index in [2.05, 4.69) is 37.1 Å². The van der Waals surface area contributed by atoms with E-state index in [4.69, 9.17) is 0 Å². The van der Waals surface area contributed by atoms with E-state index in [0.29, 0.717) is 11.8 Å². The second kappa shape index (κ2) is 5.41. The number of carbonyl (C=O) groups excluding carboxylic acids is 1. The SMILES string of the molecule is C/C=C1\C(NC(=O)Cc2ccccc2)C2SC(C)(C)CN12. The summed E-state index contributed by atoms with van der Waals surface area (Å²) in [7, 11) is 0. The van der Waals surface area contributed by atoms with Crippen molar-refractivity contribution in [1.29, 1.82) is 0 Å². The predicted octanol–water partition coefficient (Wildman–Crippen LogP) is 2.78. The summed E-state index contributed by atoms with van der Waals surface area (Å²) in [6, 6.07) is 10.1. The molecule has 112 valence electrons. The Bertz CT molecular complexity index is 567. The number of hydrogen-bond donors (Lipinski definition) is 1. The minimum absolute atomic E-state index is 0.107. The number of allylic oxidation sites excluding steroid dienone is 1. The molecule has 0 aromatic heterocycles. The Hall–Kier alpha value is -1.42. The number of carbonyl (C=O) groups is 1. The molecule has 2 atom stereocenters. The first-order valence-electron chi connectivity index (χ1n) is 7.44. The number of nitrogens with zero attached hydrogens (tertiary/aromatic N) is 1. The van der Waals surface area contributed by atoms with Crippen molar-refractivity contribution in [1.82, 2.24) is 10.2 Å². The van der Waals surface area contributed by atoms with Crippen molar-refractivity contribution >= 4 is 17.7 Å². The molecule has 2 heterocycles. The van der Waals surface area contributed by atoms with Crippen LogP contribution in [0.25, 0.3) is 0 Å². The fourth-order valence-electron chi connectivity index (χ4n) is 3.15. The summed E-state index contributed by atoms with van der Waals surface area (Å²) in [5, 5.41) is 3.60. The van der Waals surface area contributed by atoms with Crippen molar-refractivity contribution in [2.45, 2.75) is 43.4 Å². The molecule has 1 amide bonds. The van der Waals surface area contributed by atoms with Crippen LogP contribution in [0.15, 0.2) is 42.1 Å². The molecule has 2 aliphatic rings. The third-order valence-electron chi connectivity index (χ3n) is 4.05. The molecule has 0 radical (unpaired) electrons. The third-order valence-corrected chi connectivity index (χ3v) is 5.59.